The van der Waals surface area contributed by atoms with Crippen LogP contribution in [0.2, 0.25) is 0 Å². The van der Waals surface area contributed by atoms with Crippen molar-refractivity contribution in [1.29, 1.82) is 0 Å². The Balaban J connectivity index is 2.06. The van der Waals surface area contributed by atoms with Gasteiger partial charge in [-0.1, -0.05) is 0 Å². The van der Waals surface area contributed by atoms with Gasteiger partial charge in [-0.05, 0) is 22.4 Å². The summed E-state index contributed by atoms with van der Waals surface area (Å²) in [4.78, 5) is 12.2. The fraction of sp³-hybridized carbons (Fsp3) is 0.583. The number of carbonyl (C=O) groups excluding carboxylic acids is 1. The van der Waals surface area contributed by atoms with E-state index in [1.54, 1.807) is 18.4 Å². The summed E-state index contributed by atoms with van der Waals surface area (Å²) >= 11 is 1.62. The topological polar surface area (TPSA) is 35.5 Å². The van der Waals surface area contributed by atoms with Crippen molar-refractivity contribution in [3.8, 4) is 0 Å². The van der Waals surface area contributed by atoms with Gasteiger partial charge in [0.1, 0.15) is 5.60 Å². The van der Waals surface area contributed by atoms with Crippen LogP contribution in [0.4, 0.5) is 0 Å². The number of hydrogen-bond donors (Lipinski definition) is 0. The second-order valence-corrected chi connectivity index (χ2v) is 4.82. The van der Waals surface area contributed by atoms with Gasteiger partial charge >= 0.3 is 0 Å². The summed E-state index contributed by atoms with van der Waals surface area (Å²) in [5.41, 5.74) is 0.470. The molecule has 1 aliphatic rings. The Bertz CT molecular complexity index is 339. The van der Waals surface area contributed by atoms with Crippen molar-refractivity contribution in [2.75, 3.05) is 20.3 Å². The first-order valence-corrected chi connectivity index (χ1v) is 6.38. The van der Waals surface area contributed by atoms with E-state index >= 15 is 0 Å². The Morgan fingerprint density at radius 1 is 1.56 bits per heavy atom. The highest BCUT2D eigenvalue weighted by Gasteiger charge is 2.39. The average molecular weight is 240 g/mol. The Morgan fingerprint density at radius 2 is 2.31 bits per heavy atom. The van der Waals surface area contributed by atoms with Crippen molar-refractivity contribution < 1.29 is 14.3 Å². The van der Waals surface area contributed by atoms with Gasteiger partial charge < -0.3 is 9.47 Å². The molecule has 16 heavy (non-hydrogen) atoms. The van der Waals surface area contributed by atoms with E-state index in [2.05, 4.69) is 0 Å². The minimum atomic E-state index is -0.611. The van der Waals surface area contributed by atoms with Crippen molar-refractivity contribution in [2.24, 2.45) is 0 Å². The fourth-order valence-corrected chi connectivity index (χ4v) is 2.71. The quantitative estimate of drug-likeness (QED) is 0.808. The first-order valence-electron chi connectivity index (χ1n) is 5.44. The van der Waals surface area contributed by atoms with Crippen LogP contribution < -0.4 is 0 Å². The smallest absolute Gasteiger partial charge is 0.169 e. The monoisotopic (exact) mass is 240 g/mol. The number of rotatable bonds is 4. The van der Waals surface area contributed by atoms with Gasteiger partial charge in [0.25, 0.3) is 0 Å². The number of thiophene rings is 1. The average Bonchev–Trinajstić information content (AvgIpc) is 2.82. The summed E-state index contributed by atoms with van der Waals surface area (Å²) in [6.07, 6.45) is 1.82. The maximum Gasteiger partial charge on any atom is 0.169 e. The molecule has 0 aliphatic carbocycles. The number of ketones is 1. The molecule has 0 aromatic carbocycles. The summed E-state index contributed by atoms with van der Waals surface area (Å²) in [5.74, 6) is 0.178. The van der Waals surface area contributed by atoms with Crippen molar-refractivity contribution >= 4 is 17.1 Å². The summed E-state index contributed by atoms with van der Waals surface area (Å²) in [6, 6.07) is 1.99. The molecule has 1 aromatic rings. The molecule has 0 spiro atoms. The van der Waals surface area contributed by atoms with Gasteiger partial charge in [0.15, 0.2) is 5.78 Å². The third kappa shape index (κ3) is 2.34. The van der Waals surface area contributed by atoms with Crippen molar-refractivity contribution in [2.45, 2.75) is 24.9 Å². The molecule has 0 atom stereocenters. The Labute approximate surface area is 99.4 Å². The molecule has 1 aromatic heterocycles. The lowest BCUT2D eigenvalue weighted by atomic mass is 9.86. The van der Waals surface area contributed by atoms with E-state index in [-0.39, 0.29) is 5.78 Å². The Hall–Kier alpha value is -0.710. The minimum Gasteiger partial charge on any atom is -0.381 e. The highest BCUT2D eigenvalue weighted by atomic mass is 32.1. The molecule has 1 aliphatic heterocycles. The molecule has 2 rings (SSSR count). The standard InChI is InChI=1S/C12H16O3S/c1-14-12(3-5-15-6-4-12)11(13)8-10-2-7-16-9-10/h2,7,9H,3-6,8H2,1H3. The lowest BCUT2D eigenvalue weighted by molar-refractivity contribution is -0.151. The number of methoxy groups -OCH3 is 1. The molecule has 0 saturated carbocycles. The number of hydrogen-bond acceptors (Lipinski definition) is 4. The minimum absolute atomic E-state index is 0.178. The summed E-state index contributed by atoms with van der Waals surface area (Å²) in [5, 5.41) is 4.01. The van der Waals surface area contributed by atoms with Crippen molar-refractivity contribution in [3.05, 3.63) is 22.4 Å². The molecular weight excluding hydrogens is 224 g/mol. The SMILES string of the molecule is COC1(C(=O)Cc2ccsc2)CCOCC1. The zero-order chi connectivity index (χ0) is 11.4. The van der Waals surface area contributed by atoms with Crippen LogP contribution in [-0.4, -0.2) is 31.7 Å². The molecular formula is C12H16O3S. The van der Waals surface area contributed by atoms with Crippen LogP contribution >= 0.6 is 11.3 Å². The van der Waals surface area contributed by atoms with E-state index in [0.717, 1.165) is 5.56 Å². The molecule has 0 amide bonds. The van der Waals surface area contributed by atoms with Crippen LogP contribution in [-0.2, 0) is 20.7 Å². The molecule has 0 bridgehead atoms. The van der Waals surface area contributed by atoms with E-state index in [0.29, 0.717) is 32.5 Å². The number of Topliss-reactive ketones (excluding diaryl/α,β-unsaturated/α-hetero) is 1. The number of carbonyl (C=O) groups is 1. The second kappa shape index (κ2) is 5.08. The lowest BCUT2D eigenvalue weighted by Gasteiger charge is -2.34. The van der Waals surface area contributed by atoms with Crippen molar-refractivity contribution in [3.63, 3.8) is 0 Å². The van der Waals surface area contributed by atoms with Gasteiger partial charge in [0.2, 0.25) is 0 Å². The van der Waals surface area contributed by atoms with Gasteiger partial charge in [-0.2, -0.15) is 11.3 Å². The number of ether oxygens (including phenoxy) is 2. The van der Waals surface area contributed by atoms with E-state index in [1.165, 1.54) is 0 Å². The molecule has 4 heteroatoms. The Morgan fingerprint density at radius 3 is 2.88 bits per heavy atom. The summed E-state index contributed by atoms with van der Waals surface area (Å²) in [6.45, 7) is 1.23. The maximum atomic E-state index is 12.2. The first-order chi connectivity index (χ1) is 7.77. The summed E-state index contributed by atoms with van der Waals surface area (Å²) in [7, 11) is 1.62. The van der Waals surface area contributed by atoms with Gasteiger partial charge in [0.05, 0.1) is 0 Å². The molecule has 88 valence electrons. The largest absolute Gasteiger partial charge is 0.381 e. The normalized spacial score (nSPS) is 19.6. The lowest BCUT2D eigenvalue weighted by Crippen LogP contribution is -2.46. The second-order valence-electron chi connectivity index (χ2n) is 4.04. The van der Waals surface area contributed by atoms with Gasteiger partial charge in [0, 0.05) is 39.6 Å². The Kier molecular flexibility index (Phi) is 3.74. The van der Waals surface area contributed by atoms with Crippen molar-refractivity contribution in [1.82, 2.24) is 0 Å². The third-order valence-electron chi connectivity index (χ3n) is 3.14. The highest BCUT2D eigenvalue weighted by Crippen LogP contribution is 2.27. The van der Waals surface area contributed by atoms with Crippen LogP contribution in [0.25, 0.3) is 0 Å². The molecule has 1 fully saturated rings. The van der Waals surface area contributed by atoms with Crippen LogP contribution in [0.3, 0.4) is 0 Å². The maximum absolute atomic E-state index is 12.2. The molecule has 0 radical (unpaired) electrons. The fourth-order valence-electron chi connectivity index (χ4n) is 2.04. The van der Waals surface area contributed by atoms with Crippen LogP contribution in [0.5, 0.6) is 0 Å². The first kappa shape index (κ1) is 11.8. The highest BCUT2D eigenvalue weighted by molar-refractivity contribution is 7.08. The van der Waals surface area contributed by atoms with E-state index in [4.69, 9.17) is 9.47 Å². The molecule has 0 N–H and O–H groups in total. The third-order valence-corrected chi connectivity index (χ3v) is 3.88. The molecule has 3 nitrogen and oxygen atoms in total. The zero-order valence-electron chi connectivity index (χ0n) is 9.40. The molecule has 0 unspecified atom stereocenters. The van der Waals surface area contributed by atoms with Gasteiger partial charge in [-0.25, -0.2) is 0 Å². The van der Waals surface area contributed by atoms with Crippen LogP contribution in [0, 0.1) is 0 Å². The van der Waals surface area contributed by atoms with Crippen LogP contribution in [0.1, 0.15) is 18.4 Å². The van der Waals surface area contributed by atoms with Gasteiger partial charge in [-0.3, -0.25) is 4.79 Å². The summed E-state index contributed by atoms with van der Waals surface area (Å²) < 4.78 is 10.7. The molecule has 2 heterocycles. The van der Waals surface area contributed by atoms with E-state index < -0.39 is 5.60 Å². The predicted molar refractivity (Wildman–Crippen MR) is 62.8 cm³/mol. The van der Waals surface area contributed by atoms with E-state index in [9.17, 15) is 4.79 Å². The molecule has 1 saturated heterocycles. The van der Waals surface area contributed by atoms with Crippen LogP contribution in [0.15, 0.2) is 16.8 Å². The zero-order valence-corrected chi connectivity index (χ0v) is 10.2. The van der Waals surface area contributed by atoms with Gasteiger partial charge in [-0.15, -0.1) is 0 Å². The predicted octanol–water partition coefficient (Wildman–Crippen LogP) is 2.06. The van der Waals surface area contributed by atoms with E-state index in [1.807, 2.05) is 16.8 Å².